The lowest BCUT2D eigenvalue weighted by molar-refractivity contribution is -0.133. The first-order valence-electron chi connectivity index (χ1n) is 8.31. The van der Waals surface area contributed by atoms with Gasteiger partial charge in [-0.05, 0) is 26.7 Å². The van der Waals surface area contributed by atoms with Gasteiger partial charge in [-0.15, -0.1) is 16.8 Å². The van der Waals surface area contributed by atoms with E-state index in [1.165, 1.54) is 42.4 Å². The van der Waals surface area contributed by atoms with Crippen LogP contribution in [0.5, 0.6) is 0 Å². The van der Waals surface area contributed by atoms with Gasteiger partial charge in [0, 0.05) is 19.1 Å². The van der Waals surface area contributed by atoms with Crippen molar-refractivity contribution in [2.24, 2.45) is 0 Å². The summed E-state index contributed by atoms with van der Waals surface area (Å²) in [6.07, 6.45) is 7.85. The average molecular weight is 355 g/mol. The van der Waals surface area contributed by atoms with E-state index in [9.17, 15) is 4.79 Å². The van der Waals surface area contributed by atoms with Gasteiger partial charge in [-0.1, -0.05) is 48.4 Å². The van der Waals surface area contributed by atoms with Crippen molar-refractivity contribution in [1.82, 2.24) is 15.1 Å². The second kappa shape index (κ2) is 9.27. The molecular weight excluding hydrogens is 328 g/mol. The summed E-state index contributed by atoms with van der Waals surface area (Å²) < 4.78 is 0.831. The number of carbonyl (C=O) groups excluding carboxylic acids is 1. The number of hydrogen-bond acceptors (Lipinski definition) is 6. The molecule has 0 spiro atoms. The Bertz CT molecular complexity index is 514. The van der Waals surface area contributed by atoms with Crippen molar-refractivity contribution in [3.05, 3.63) is 12.7 Å². The Labute approximate surface area is 146 Å². The molecule has 1 aliphatic rings. The lowest BCUT2D eigenvalue weighted by atomic mass is 9.94. The molecule has 5 nitrogen and oxygen atoms in total. The van der Waals surface area contributed by atoms with E-state index in [-0.39, 0.29) is 11.2 Å². The maximum Gasteiger partial charge on any atom is 0.236 e. The average Bonchev–Trinajstić information content (AvgIpc) is 3.02. The molecule has 1 atom stereocenters. The highest BCUT2D eigenvalue weighted by molar-refractivity contribution is 8.02. The van der Waals surface area contributed by atoms with E-state index >= 15 is 0 Å². The lowest BCUT2D eigenvalue weighted by Crippen LogP contribution is -2.44. The zero-order valence-corrected chi connectivity index (χ0v) is 15.6. The third-order valence-electron chi connectivity index (χ3n) is 4.07. The van der Waals surface area contributed by atoms with Crippen LogP contribution in [0.2, 0.25) is 0 Å². The Balaban J connectivity index is 1.92. The number of thioether (sulfide) groups is 1. The molecule has 0 radical (unpaired) electrons. The molecule has 1 fully saturated rings. The molecule has 0 saturated heterocycles. The summed E-state index contributed by atoms with van der Waals surface area (Å²) in [6, 6.07) is 0.420. The molecule has 1 aromatic rings. The van der Waals surface area contributed by atoms with Gasteiger partial charge in [0.25, 0.3) is 0 Å². The van der Waals surface area contributed by atoms with Crippen LogP contribution >= 0.6 is 23.1 Å². The normalized spacial score (nSPS) is 16.8. The summed E-state index contributed by atoms with van der Waals surface area (Å²) in [5.74, 6) is 0.222. The summed E-state index contributed by atoms with van der Waals surface area (Å²) in [5.41, 5.74) is 0. The topological polar surface area (TPSA) is 58.1 Å². The Morgan fingerprint density at radius 1 is 1.48 bits per heavy atom. The lowest BCUT2D eigenvalue weighted by Gasteiger charge is -2.35. The van der Waals surface area contributed by atoms with E-state index < -0.39 is 0 Å². The molecule has 1 aliphatic carbocycles. The molecule has 0 aliphatic heterocycles. The number of rotatable bonds is 8. The van der Waals surface area contributed by atoms with Gasteiger partial charge in [0.05, 0.1) is 5.25 Å². The fourth-order valence-corrected chi connectivity index (χ4v) is 4.88. The smallest absolute Gasteiger partial charge is 0.236 e. The monoisotopic (exact) mass is 354 g/mol. The van der Waals surface area contributed by atoms with Crippen LogP contribution in [0.3, 0.4) is 0 Å². The minimum absolute atomic E-state index is 0.128. The Morgan fingerprint density at radius 3 is 2.87 bits per heavy atom. The van der Waals surface area contributed by atoms with E-state index in [0.717, 1.165) is 28.9 Å². The van der Waals surface area contributed by atoms with Crippen molar-refractivity contribution < 1.29 is 4.79 Å². The minimum atomic E-state index is -0.128. The molecule has 128 valence electrons. The zero-order chi connectivity index (χ0) is 16.7. The van der Waals surface area contributed by atoms with Gasteiger partial charge >= 0.3 is 0 Å². The van der Waals surface area contributed by atoms with E-state index in [1.807, 2.05) is 6.92 Å². The first-order chi connectivity index (χ1) is 11.2. The number of anilines is 1. The second-order valence-electron chi connectivity index (χ2n) is 5.72. The van der Waals surface area contributed by atoms with Crippen LogP contribution in [0, 0.1) is 0 Å². The Hall–Kier alpha value is -1.08. The van der Waals surface area contributed by atoms with E-state index in [2.05, 4.69) is 33.9 Å². The van der Waals surface area contributed by atoms with Crippen LogP contribution in [-0.2, 0) is 4.79 Å². The summed E-state index contributed by atoms with van der Waals surface area (Å²) in [4.78, 5) is 14.9. The van der Waals surface area contributed by atoms with Crippen LogP contribution in [0.15, 0.2) is 17.0 Å². The maximum absolute atomic E-state index is 12.8. The van der Waals surface area contributed by atoms with Crippen LogP contribution in [0.1, 0.15) is 46.0 Å². The molecule has 1 N–H and O–H groups in total. The Kier molecular flexibility index (Phi) is 7.36. The highest BCUT2D eigenvalue weighted by atomic mass is 32.2. The first-order valence-corrected chi connectivity index (χ1v) is 10.0. The van der Waals surface area contributed by atoms with Gasteiger partial charge in [-0.2, -0.15) is 0 Å². The molecular formula is C16H26N4OS2. The standard InChI is InChI=1S/C16H26N4OS2/c1-4-11-17-15-18-19-16(23-15)22-12(3)14(21)20(5-2)13-9-7-6-8-10-13/h4,12-13H,1,5-11H2,2-3H3,(H,17,18). The Morgan fingerprint density at radius 2 is 2.22 bits per heavy atom. The third kappa shape index (κ3) is 5.21. The molecule has 0 bridgehead atoms. The fraction of sp³-hybridized carbons (Fsp3) is 0.688. The number of nitrogens with one attached hydrogen (secondary N) is 1. The predicted octanol–water partition coefficient (Wildman–Crippen LogP) is 3.80. The SMILES string of the molecule is C=CCNc1nnc(SC(C)C(=O)N(CC)C2CCCCC2)s1. The van der Waals surface area contributed by atoms with Crippen LogP contribution in [0.4, 0.5) is 5.13 Å². The van der Waals surface area contributed by atoms with E-state index in [4.69, 9.17) is 0 Å². The summed E-state index contributed by atoms with van der Waals surface area (Å²) in [6.45, 7) is 9.16. The van der Waals surface area contributed by atoms with E-state index in [0.29, 0.717) is 12.6 Å². The number of aromatic nitrogens is 2. The van der Waals surface area contributed by atoms with Gasteiger partial charge in [-0.25, -0.2) is 0 Å². The highest BCUT2D eigenvalue weighted by Gasteiger charge is 2.28. The molecule has 1 saturated carbocycles. The maximum atomic E-state index is 12.8. The van der Waals surface area contributed by atoms with Crippen molar-refractivity contribution in [1.29, 1.82) is 0 Å². The number of nitrogens with zero attached hydrogens (tertiary/aromatic N) is 3. The molecule has 1 amide bonds. The van der Waals surface area contributed by atoms with E-state index in [1.54, 1.807) is 6.08 Å². The van der Waals surface area contributed by atoms with Crippen molar-refractivity contribution >= 4 is 34.1 Å². The molecule has 23 heavy (non-hydrogen) atoms. The van der Waals surface area contributed by atoms with Gasteiger partial charge in [0.1, 0.15) is 0 Å². The van der Waals surface area contributed by atoms with Crippen LogP contribution < -0.4 is 5.32 Å². The quantitative estimate of drug-likeness (QED) is 0.568. The van der Waals surface area contributed by atoms with Crippen molar-refractivity contribution in [3.63, 3.8) is 0 Å². The molecule has 1 unspecified atom stereocenters. The van der Waals surface area contributed by atoms with Crippen molar-refractivity contribution in [2.45, 2.75) is 61.6 Å². The van der Waals surface area contributed by atoms with Crippen LogP contribution in [0.25, 0.3) is 0 Å². The van der Waals surface area contributed by atoms with Gasteiger partial charge in [0.15, 0.2) is 4.34 Å². The number of carbonyl (C=O) groups is 1. The number of hydrogen-bond donors (Lipinski definition) is 1. The first kappa shape index (κ1) is 18.3. The summed E-state index contributed by atoms with van der Waals surface area (Å²) in [5, 5.41) is 12.0. The number of amides is 1. The second-order valence-corrected chi connectivity index (χ2v) is 8.28. The van der Waals surface area contributed by atoms with Crippen molar-refractivity contribution in [2.75, 3.05) is 18.4 Å². The molecule has 2 rings (SSSR count). The zero-order valence-electron chi connectivity index (χ0n) is 14.0. The molecule has 1 heterocycles. The minimum Gasteiger partial charge on any atom is -0.357 e. The van der Waals surface area contributed by atoms with Gasteiger partial charge in [-0.3, -0.25) is 4.79 Å². The van der Waals surface area contributed by atoms with Gasteiger partial charge < -0.3 is 10.2 Å². The molecule has 0 aromatic carbocycles. The third-order valence-corrected chi connectivity index (χ3v) is 6.12. The highest BCUT2D eigenvalue weighted by Crippen LogP contribution is 2.31. The van der Waals surface area contributed by atoms with Gasteiger partial charge in [0.2, 0.25) is 11.0 Å². The fourth-order valence-electron chi connectivity index (χ4n) is 2.91. The van der Waals surface area contributed by atoms with Crippen LogP contribution in [-0.4, -0.2) is 45.4 Å². The molecule has 7 heteroatoms. The predicted molar refractivity (Wildman–Crippen MR) is 98.2 cm³/mol. The summed E-state index contributed by atoms with van der Waals surface area (Å²) >= 11 is 2.99. The summed E-state index contributed by atoms with van der Waals surface area (Å²) in [7, 11) is 0. The van der Waals surface area contributed by atoms with Crippen molar-refractivity contribution in [3.8, 4) is 0 Å². The largest absolute Gasteiger partial charge is 0.357 e. The molecule has 1 aromatic heterocycles.